The molecule has 0 heterocycles. The van der Waals surface area contributed by atoms with Gasteiger partial charge in [0, 0.05) is 24.8 Å². The summed E-state index contributed by atoms with van der Waals surface area (Å²) in [6.45, 7) is 1.33. The fourth-order valence-corrected chi connectivity index (χ4v) is 1.40. The molecule has 0 bridgehead atoms. The summed E-state index contributed by atoms with van der Waals surface area (Å²) < 4.78 is 0. The van der Waals surface area contributed by atoms with E-state index in [1.54, 1.807) is 24.3 Å². The third-order valence-electron chi connectivity index (χ3n) is 2.53. The van der Waals surface area contributed by atoms with Crippen molar-refractivity contribution in [3.63, 3.8) is 0 Å². The third kappa shape index (κ3) is 4.18. The second-order valence-corrected chi connectivity index (χ2v) is 4.04. The van der Waals surface area contributed by atoms with E-state index in [0.717, 1.165) is 4.90 Å². The zero-order chi connectivity index (χ0) is 14.4. The molecule has 0 aromatic heterocycles. The number of likely N-dealkylation sites (N-methyl/N-ethyl adjacent to an activating group) is 1. The summed E-state index contributed by atoms with van der Waals surface area (Å²) in [4.78, 5) is 35.4. The number of carbonyl (C=O) groups excluding carboxylic acids is 3. The molecular formula is C13H16N2O4. The van der Waals surface area contributed by atoms with Crippen molar-refractivity contribution in [1.82, 2.24) is 4.90 Å². The number of carbonyl (C=O) groups is 3. The fourth-order valence-electron chi connectivity index (χ4n) is 1.40. The van der Waals surface area contributed by atoms with Crippen molar-refractivity contribution in [3.8, 4) is 0 Å². The second-order valence-electron chi connectivity index (χ2n) is 4.04. The van der Waals surface area contributed by atoms with Gasteiger partial charge in [-0.25, -0.2) is 0 Å². The molecule has 0 unspecified atom stereocenters. The Morgan fingerprint density at radius 1 is 1.21 bits per heavy atom. The molecule has 0 radical (unpaired) electrons. The Bertz CT molecular complexity index is 482. The maximum Gasteiger partial charge on any atom is 0.313 e. The van der Waals surface area contributed by atoms with E-state index in [1.165, 1.54) is 14.0 Å². The van der Waals surface area contributed by atoms with Crippen LogP contribution in [0.25, 0.3) is 0 Å². The number of hydrogen-bond acceptors (Lipinski definition) is 4. The van der Waals surface area contributed by atoms with Gasteiger partial charge in [0.15, 0.2) is 5.78 Å². The molecule has 102 valence electrons. The molecule has 19 heavy (non-hydrogen) atoms. The summed E-state index contributed by atoms with van der Waals surface area (Å²) in [5.74, 6) is -1.59. The van der Waals surface area contributed by atoms with Crippen LogP contribution in [0, 0.1) is 0 Å². The molecule has 6 heteroatoms. The highest BCUT2D eigenvalue weighted by molar-refractivity contribution is 6.39. The van der Waals surface area contributed by atoms with Crippen LogP contribution in [0.1, 0.15) is 17.3 Å². The highest BCUT2D eigenvalue weighted by Crippen LogP contribution is 2.10. The van der Waals surface area contributed by atoms with Gasteiger partial charge in [-0.2, -0.15) is 0 Å². The van der Waals surface area contributed by atoms with Crippen LogP contribution < -0.4 is 5.32 Å². The number of nitrogens with one attached hydrogen (secondary N) is 1. The lowest BCUT2D eigenvalue weighted by Gasteiger charge is -2.14. The number of ketones is 1. The van der Waals surface area contributed by atoms with E-state index in [1.807, 2.05) is 0 Å². The van der Waals surface area contributed by atoms with Crippen LogP contribution in [0.15, 0.2) is 24.3 Å². The van der Waals surface area contributed by atoms with Crippen LogP contribution in [-0.2, 0) is 9.59 Å². The van der Waals surface area contributed by atoms with E-state index in [9.17, 15) is 14.4 Å². The van der Waals surface area contributed by atoms with Gasteiger partial charge in [-0.3, -0.25) is 14.4 Å². The van der Waals surface area contributed by atoms with Crippen molar-refractivity contribution in [2.45, 2.75) is 6.92 Å². The van der Waals surface area contributed by atoms with Crippen molar-refractivity contribution in [1.29, 1.82) is 0 Å². The monoisotopic (exact) mass is 264 g/mol. The number of hydrogen-bond donors (Lipinski definition) is 2. The molecule has 0 aliphatic rings. The molecule has 1 aromatic rings. The van der Waals surface area contributed by atoms with E-state index in [-0.39, 0.29) is 18.9 Å². The molecule has 0 saturated heterocycles. The predicted molar refractivity (Wildman–Crippen MR) is 69.8 cm³/mol. The molecule has 0 fully saturated rings. The number of anilines is 1. The second kappa shape index (κ2) is 6.65. The number of Topliss-reactive ketones (excluding diaryl/α,β-unsaturated/α-hetero) is 1. The average molecular weight is 264 g/mol. The van der Waals surface area contributed by atoms with Gasteiger partial charge in [0.2, 0.25) is 0 Å². The lowest BCUT2D eigenvalue weighted by molar-refractivity contribution is -0.142. The fraction of sp³-hybridized carbons (Fsp3) is 0.308. The minimum atomic E-state index is -0.786. The Labute approximate surface area is 111 Å². The molecule has 0 aliphatic heterocycles. The zero-order valence-electron chi connectivity index (χ0n) is 10.8. The Morgan fingerprint density at radius 3 is 2.26 bits per heavy atom. The van der Waals surface area contributed by atoms with Crippen LogP contribution in [0.3, 0.4) is 0 Å². The summed E-state index contributed by atoms with van der Waals surface area (Å²) in [6.07, 6.45) is 0. The van der Waals surface area contributed by atoms with Crippen molar-refractivity contribution >= 4 is 23.3 Å². The molecule has 2 N–H and O–H groups in total. The first-order valence-electron chi connectivity index (χ1n) is 5.74. The number of benzene rings is 1. The largest absolute Gasteiger partial charge is 0.395 e. The molecular weight excluding hydrogens is 248 g/mol. The Kier molecular flexibility index (Phi) is 5.20. The van der Waals surface area contributed by atoms with Gasteiger partial charge in [0.05, 0.1) is 6.61 Å². The van der Waals surface area contributed by atoms with Crippen LogP contribution >= 0.6 is 0 Å². The number of amides is 2. The predicted octanol–water partition coefficient (Wildman–Crippen LogP) is 0.278. The van der Waals surface area contributed by atoms with Gasteiger partial charge >= 0.3 is 11.8 Å². The number of nitrogens with zero attached hydrogens (tertiary/aromatic N) is 1. The molecule has 1 aromatic carbocycles. The molecule has 0 spiro atoms. The minimum absolute atomic E-state index is 0.0726. The maximum absolute atomic E-state index is 11.6. The van der Waals surface area contributed by atoms with Gasteiger partial charge in [-0.1, -0.05) is 0 Å². The van der Waals surface area contributed by atoms with Gasteiger partial charge in [-0.05, 0) is 31.2 Å². The van der Waals surface area contributed by atoms with E-state index in [0.29, 0.717) is 11.3 Å². The average Bonchev–Trinajstić information content (AvgIpc) is 2.38. The minimum Gasteiger partial charge on any atom is -0.395 e. The first-order valence-corrected chi connectivity index (χ1v) is 5.74. The third-order valence-corrected chi connectivity index (χ3v) is 2.53. The summed E-state index contributed by atoms with van der Waals surface area (Å²) in [7, 11) is 1.43. The Balaban J connectivity index is 2.66. The summed E-state index contributed by atoms with van der Waals surface area (Å²) >= 11 is 0. The molecule has 6 nitrogen and oxygen atoms in total. The smallest absolute Gasteiger partial charge is 0.313 e. The topological polar surface area (TPSA) is 86.7 Å². The summed E-state index contributed by atoms with van der Waals surface area (Å²) in [5, 5.41) is 11.1. The standard InChI is InChI=1S/C13H16N2O4/c1-9(17)10-3-5-11(6-4-10)14-12(18)13(19)15(2)7-8-16/h3-6,16H,7-8H2,1-2H3,(H,14,18). The quantitative estimate of drug-likeness (QED) is 0.604. The van der Waals surface area contributed by atoms with Gasteiger partial charge in [0.1, 0.15) is 0 Å². The molecule has 1 rings (SSSR count). The van der Waals surface area contributed by atoms with E-state index >= 15 is 0 Å². The van der Waals surface area contributed by atoms with Crippen LogP contribution in [0.4, 0.5) is 5.69 Å². The molecule has 2 amide bonds. The lowest BCUT2D eigenvalue weighted by atomic mass is 10.1. The number of aliphatic hydroxyl groups is 1. The highest BCUT2D eigenvalue weighted by atomic mass is 16.3. The van der Waals surface area contributed by atoms with E-state index < -0.39 is 11.8 Å². The Hall–Kier alpha value is -2.21. The van der Waals surface area contributed by atoms with Gasteiger partial charge < -0.3 is 15.3 Å². The van der Waals surface area contributed by atoms with Crippen LogP contribution in [0.5, 0.6) is 0 Å². The van der Waals surface area contributed by atoms with Crippen molar-refractivity contribution in [3.05, 3.63) is 29.8 Å². The Morgan fingerprint density at radius 2 is 1.79 bits per heavy atom. The molecule has 0 atom stereocenters. The highest BCUT2D eigenvalue weighted by Gasteiger charge is 2.18. The number of aliphatic hydroxyl groups excluding tert-OH is 1. The van der Waals surface area contributed by atoms with E-state index in [4.69, 9.17) is 5.11 Å². The summed E-state index contributed by atoms with van der Waals surface area (Å²) in [5.41, 5.74) is 0.961. The lowest BCUT2D eigenvalue weighted by Crippen LogP contribution is -2.38. The van der Waals surface area contributed by atoms with E-state index in [2.05, 4.69) is 5.32 Å². The normalized spacial score (nSPS) is 9.84. The van der Waals surface area contributed by atoms with Crippen LogP contribution in [0.2, 0.25) is 0 Å². The van der Waals surface area contributed by atoms with Crippen molar-refractivity contribution < 1.29 is 19.5 Å². The van der Waals surface area contributed by atoms with Crippen molar-refractivity contribution in [2.75, 3.05) is 25.5 Å². The maximum atomic E-state index is 11.6. The first-order chi connectivity index (χ1) is 8.95. The van der Waals surface area contributed by atoms with Gasteiger partial charge in [-0.15, -0.1) is 0 Å². The van der Waals surface area contributed by atoms with Crippen molar-refractivity contribution in [2.24, 2.45) is 0 Å². The summed E-state index contributed by atoms with van der Waals surface area (Å²) in [6, 6.07) is 6.24. The van der Waals surface area contributed by atoms with Gasteiger partial charge in [0.25, 0.3) is 0 Å². The number of rotatable bonds is 4. The molecule has 0 aliphatic carbocycles. The molecule has 0 saturated carbocycles. The SMILES string of the molecule is CC(=O)c1ccc(NC(=O)C(=O)N(C)CCO)cc1. The first kappa shape index (κ1) is 14.8. The zero-order valence-corrected chi connectivity index (χ0v) is 10.8. The van der Waals surface area contributed by atoms with Crippen LogP contribution in [-0.4, -0.2) is 47.8 Å².